The molecule has 3 saturated heterocycles. The summed E-state index contributed by atoms with van der Waals surface area (Å²) in [7, 11) is 1.56. The molecule has 0 saturated carbocycles. The molecular formula is C32H33N3O6. The number of aliphatic hydroxyl groups excluding tert-OH is 1. The lowest BCUT2D eigenvalue weighted by Gasteiger charge is -2.36. The van der Waals surface area contributed by atoms with Crippen LogP contribution in [0.1, 0.15) is 30.0 Å². The van der Waals surface area contributed by atoms with Crippen LogP contribution in [0.3, 0.4) is 0 Å². The average molecular weight is 556 g/mol. The zero-order valence-corrected chi connectivity index (χ0v) is 22.7. The van der Waals surface area contributed by atoms with Gasteiger partial charge in [0.1, 0.15) is 17.4 Å². The van der Waals surface area contributed by atoms with Gasteiger partial charge in [-0.05, 0) is 48.2 Å². The lowest BCUT2D eigenvalue weighted by atomic mass is 9.70. The van der Waals surface area contributed by atoms with Crippen molar-refractivity contribution in [1.82, 2.24) is 10.2 Å². The summed E-state index contributed by atoms with van der Waals surface area (Å²) < 4.78 is 11.7. The van der Waals surface area contributed by atoms with Gasteiger partial charge in [-0.15, -0.1) is 0 Å². The highest BCUT2D eigenvalue weighted by Gasteiger charge is 2.75. The molecule has 3 aliphatic heterocycles. The van der Waals surface area contributed by atoms with Gasteiger partial charge in [0.25, 0.3) is 0 Å². The van der Waals surface area contributed by atoms with E-state index in [1.165, 1.54) is 4.90 Å². The average Bonchev–Trinajstić information content (AvgIpc) is 3.65. The van der Waals surface area contributed by atoms with Gasteiger partial charge in [0, 0.05) is 12.2 Å². The first-order valence-corrected chi connectivity index (χ1v) is 13.9. The minimum absolute atomic E-state index is 0.268. The van der Waals surface area contributed by atoms with Crippen LogP contribution in [0.15, 0.2) is 84.9 Å². The number of amides is 3. The van der Waals surface area contributed by atoms with Gasteiger partial charge >= 0.3 is 0 Å². The number of hydrogen-bond acceptors (Lipinski definition) is 6. The van der Waals surface area contributed by atoms with Gasteiger partial charge in [-0.1, -0.05) is 60.7 Å². The van der Waals surface area contributed by atoms with Crippen molar-refractivity contribution < 1.29 is 29.0 Å². The highest BCUT2D eigenvalue weighted by molar-refractivity contribution is 6.03. The van der Waals surface area contributed by atoms with Gasteiger partial charge in [0.15, 0.2) is 0 Å². The third-order valence-electron chi connectivity index (χ3n) is 8.65. The van der Waals surface area contributed by atoms with Gasteiger partial charge in [-0.2, -0.15) is 0 Å². The van der Waals surface area contributed by atoms with Crippen LogP contribution in [0.2, 0.25) is 0 Å². The number of ether oxygens (including phenoxy) is 2. The molecule has 3 fully saturated rings. The van der Waals surface area contributed by atoms with Crippen LogP contribution in [0.4, 0.5) is 5.69 Å². The number of nitrogens with one attached hydrogen (secondary N) is 2. The summed E-state index contributed by atoms with van der Waals surface area (Å²) >= 11 is 0. The van der Waals surface area contributed by atoms with Gasteiger partial charge < -0.3 is 30.1 Å². The fraction of sp³-hybridized carbons (Fsp3) is 0.344. The number of carbonyl (C=O) groups excluding carboxylic acids is 3. The summed E-state index contributed by atoms with van der Waals surface area (Å²) in [5, 5.41) is 16.5. The molecule has 3 amide bonds. The van der Waals surface area contributed by atoms with Crippen LogP contribution in [0.5, 0.6) is 5.75 Å². The lowest BCUT2D eigenvalue weighted by Crippen LogP contribution is -2.54. The molecule has 3 heterocycles. The maximum atomic E-state index is 14.3. The molecule has 0 radical (unpaired) electrons. The van der Waals surface area contributed by atoms with Crippen molar-refractivity contribution in [1.29, 1.82) is 0 Å². The van der Waals surface area contributed by atoms with Crippen LogP contribution in [0.25, 0.3) is 0 Å². The fourth-order valence-electron chi connectivity index (χ4n) is 6.84. The first-order chi connectivity index (χ1) is 20.0. The smallest absolute Gasteiger partial charge is 0.250 e. The van der Waals surface area contributed by atoms with Crippen molar-refractivity contribution in [3.05, 3.63) is 96.1 Å². The Balaban J connectivity index is 1.35. The SMILES string of the molecule is COc1ccc(NC(=O)C2N([C@H](CO)c3ccccc3)C(=O)[C@@H]3[C@H](C(=O)NCc4ccccc4)[C@@H]4CCC23O4)cc1. The van der Waals surface area contributed by atoms with Crippen LogP contribution in [-0.4, -0.2) is 59.2 Å². The van der Waals surface area contributed by atoms with Crippen LogP contribution in [-0.2, 0) is 25.7 Å². The van der Waals surface area contributed by atoms with E-state index in [0.29, 0.717) is 36.4 Å². The van der Waals surface area contributed by atoms with Crippen molar-refractivity contribution in [3.8, 4) is 5.75 Å². The molecule has 3 aromatic rings. The summed E-state index contributed by atoms with van der Waals surface area (Å²) in [5.74, 6) is -1.99. The molecule has 212 valence electrons. The number of carbonyl (C=O) groups is 3. The molecule has 1 spiro atoms. The predicted molar refractivity (Wildman–Crippen MR) is 151 cm³/mol. The van der Waals surface area contributed by atoms with E-state index in [4.69, 9.17) is 9.47 Å². The number of fused-ring (bicyclic) bond motifs is 1. The Hall–Kier alpha value is -4.21. The molecule has 9 heteroatoms. The number of nitrogens with zero attached hydrogens (tertiary/aromatic N) is 1. The third-order valence-corrected chi connectivity index (χ3v) is 8.65. The van der Waals surface area contributed by atoms with Crippen molar-refractivity contribution in [2.24, 2.45) is 11.8 Å². The Labute approximate surface area is 238 Å². The minimum atomic E-state index is -1.19. The molecule has 6 rings (SSSR count). The van der Waals surface area contributed by atoms with Crippen LogP contribution >= 0.6 is 0 Å². The van der Waals surface area contributed by atoms with Gasteiger partial charge in [0.2, 0.25) is 17.7 Å². The van der Waals surface area contributed by atoms with Crippen molar-refractivity contribution in [2.45, 2.75) is 43.2 Å². The number of aliphatic hydroxyl groups is 1. The highest BCUT2D eigenvalue weighted by Crippen LogP contribution is 2.59. The second kappa shape index (κ2) is 11.0. The quantitative estimate of drug-likeness (QED) is 0.374. The number of benzene rings is 3. The zero-order valence-electron chi connectivity index (χ0n) is 22.7. The van der Waals surface area contributed by atoms with E-state index in [2.05, 4.69) is 10.6 Å². The Morgan fingerprint density at radius 3 is 2.37 bits per heavy atom. The molecule has 3 N–H and O–H groups in total. The number of methoxy groups -OCH3 is 1. The van der Waals surface area contributed by atoms with Crippen molar-refractivity contribution >= 4 is 23.4 Å². The minimum Gasteiger partial charge on any atom is -0.497 e. The number of rotatable bonds is 9. The number of anilines is 1. The largest absolute Gasteiger partial charge is 0.497 e. The Morgan fingerprint density at radius 1 is 1.02 bits per heavy atom. The molecule has 9 nitrogen and oxygen atoms in total. The molecule has 2 bridgehead atoms. The Morgan fingerprint density at radius 2 is 1.71 bits per heavy atom. The van der Waals surface area contributed by atoms with E-state index in [-0.39, 0.29) is 18.4 Å². The predicted octanol–water partition coefficient (Wildman–Crippen LogP) is 3.06. The van der Waals surface area contributed by atoms with E-state index >= 15 is 0 Å². The molecule has 2 unspecified atom stereocenters. The third kappa shape index (κ3) is 4.65. The monoisotopic (exact) mass is 555 g/mol. The summed E-state index contributed by atoms with van der Waals surface area (Å²) in [4.78, 5) is 43.5. The van der Waals surface area contributed by atoms with Gasteiger partial charge in [0.05, 0.1) is 37.7 Å². The summed E-state index contributed by atoms with van der Waals surface area (Å²) in [6.07, 6.45) is 0.547. The maximum absolute atomic E-state index is 14.3. The maximum Gasteiger partial charge on any atom is 0.250 e. The summed E-state index contributed by atoms with van der Waals surface area (Å²) in [6.45, 7) is -0.0651. The molecule has 0 aliphatic carbocycles. The van der Waals surface area contributed by atoms with Crippen LogP contribution < -0.4 is 15.4 Å². The highest BCUT2D eigenvalue weighted by atomic mass is 16.5. The Bertz CT molecular complexity index is 1420. The molecule has 0 aromatic heterocycles. The molecule has 3 aromatic carbocycles. The summed E-state index contributed by atoms with van der Waals surface area (Å²) in [5.41, 5.74) is 0.990. The number of likely N-dealkylation sites (tertiary alicyclic amines) is 1. The molecule has 41 heavy (non-hydrogen) atoms. The second-order valence-electron chi connectivity index (χ2n) is 10.8. The zero-order chi connectivity index (χ0) is 28.6. The van der Waals surface area contributed by atoms with E-state index < -0.39 is 41.5 Å². The van der Waals surface area contributed by atoms with Crippen LogP contribution in [0, 0.1) is 11.8 Å². The van der Waals surface area contributed by atoms with Gasteiger partial charge in [-0.3, -0.25) is 14.4 Å². The Kier molecular flexibility index (Phi) is 7.23. The topological polar surface area (TPSA) is 117 Å². The van der Waals surface area contributed by atoms with E-state index in [1.54, 1.807) is 31.4 Å². The van der Waals surface area contributed by atoms with Crippen molar-refractivity contribution in [3.63, 3.8) is 0 Å². The lowest BCUT2D eigenvalue weighted by molar-refractivity contribution is -0.144. The standard InChI is InChI=1S/C32H33N3O6/c1-40-23-14-12-22(13-15-23)34-30(38)28-32-17-16-25(41-32)26(29(37)33-18-20-8-4-2-5-9-20)27(32)31(39)35(28)24(19-36)21-10-6-3-7-11-21/h2-15,24-28,36H,16-19H2,1H3,(H,33,37)(H,34,38)/t24-,25+,26-,27+,28?,32?/m1/s1. The molecule has 3 aliphatic rings. The number of hydrogen-bond donors (Lipinski definition) is 3. The van der Waals surface area contributed by atoms with Crippen molar-refractivity contribution in [2.75, 3.05) is 19.0 Å². The van der Waals surface area contributed by atoms with E-state index in [0.717, 1.165) is 5.56 Å². The fourth-order valence-corrected chi connectivity index (χ4v) is 6.84. The first-order valence-electron chi connectivity index (χ1n) is 13.9. The molecular weight excluding hydrogens is 522 g/mol. The van der Waals surface area contributed by atoms with Gasteiger partial charge in [-0.25, -0.2) is 0 Å². The normalized spacial score (nSPS) is 26.9. The second-order valence-corrected chi connectivity index (χ2v) is 10.8. The summed E-state index contributed by atoms with van der Waals surface area (Å²) in [6, 6.07) is 23.8. The van der Waals surface area contributed by atoms with E-state index in [9.17, 15) is 19.5 Å². The molecule has 6 atom stereocenters. The van der Waals surface area contributed by atoms with E-state index in [1.807, 2.05) is 60.7 Å². The first kappa shape index (κ1) is 27.0.